The molecule has 198 valence electrons. The maximum absolute atomic E-state index is 12.6. The molecule has 0 radical (unpaired) electrons. The second-order valence-corrected chi connectivity index (χ2v) is 16.5. The van der Waals surface area contributed by atoms with E-state index >= 15 is 0 Å². The maximum atomic E-state index is 12.6. The van der Waals surface area contributed by atoms with Crippen molar-refractivity contribution in [1.29, 1.82) is 0 Å². The van der Waals surface area contributed by atoms with Gasteiger partial charge in [0.2, 0.25) is 0 Å². The van der Waals surface area contributed by atoms with Gasteiger partial charge in [-0.15, -0.1) is 0 Å². The van der Waals surface area contributed by atoms with Crippen molar-refractivity contribution in [3.63, 3.8) is 0 Å². The number of unbranched alkanes of at least 4 members (excludes halogenated alkanes) is 2. The molecular formula is C33H31O2PS3. The van der Waals surface area contributed by atoms with E-state index in [1.54, 1.807) is 20.7 Å². The van der Waals surface area contributed by atoms with E-state index < -0.39 is 7.26 Å². The summed E-state index contributed by atoms with van der Waals surface area (Å²) in [4.78, 5) is 13.7. The molecule has 4 aromatic carbocycles. The molecule has 0 aliphatic carbocycles. The number of hydrogen-bond acceptors (Lipinski definition) is 5. The van der Waals surface area contributed by atoms with Crippen molar-refractivity contribution < 1.29 is 9.53 Å². The van der Waals surface area contributed by atoms with Gasteiger partial charge in [-0.25, -0.2) is 0 Å². The van der Waals surface area contributed by atoms with Crippen LogP contribution in [0.25, 0.3) is 10.4 Å². The number of ether oxygens (including phenoxy) is 1. The second-order valence-electron chi connectivity index (χ2n) is 9.56. The van der Waals surface area contributed by atoms with Crippen molar-refractivity contribution in [1.82, 2.24) is 0 Å². The van der Waals surface area contributed by atoms with E-state index in [1.807, 2.05) is 30.3 Å². The first-order valence-electron chi connectivity index (χ1n) is 13.2. The van der Waals surface area contributed by atoms with E-state index in [4.69, 9.17) is 17.0 Å². The number of rotatable bonds is 11. The Morgan fingerprint density at radius 2 is 1.21 bits per heavy atom. The van der Waals surface area contributed by atoms with Gasteiger partial charge in [0, 0.05) is 0 Å². The van der Waals surface area contributed by atoms with Crippen LogP contribution >= 0.6 is 40.2 Å². The number of benzene rings is 4. The Hall–Kier alpha value is -2.95. The Morgan fingerprint density at radius 3 is 1.69 bits per heavy atom. The summed E-state index contributed by atoms with van der Waals surface area (Å²) in [6, 6.07) is 42.7. The molecule has 2 nitrogen and oxygen atoms in total. The zero-order valence-corrected chi connectivity index (χ0v) is 25.1. The van der Waals surface area contributed by atoms with Crippen molar-refractivity contribution in [2.24, 2.45) is 0 Å². The van der Waals surface area contributed by atoms with E-state index in [1.165, 1.54) is 15.9 Å². The summed E-state index contributed by atoms with van der Waals surface area (Å²) >= 11 is 5.23. The standard InChI is InChI=1S/C33H31O2PS3/c34-32(35-27-22-20-26(21-23-27)31-25-33(37)39-38-31)19-11-4-12-24-36(28-13-5-1-6-14-28,29-15-7-2-8-16-29)30-17-9-3-10-18-30/h1-3,5-10,13-18,20-23,25,36H,4,11-12,19,24H2. The Balaban J connectivity index is 1.22. The number of hydrogen-bond donors (Lipinski definition) is 0. The summed E-state index contributed by atoms with van der Waals surface area (Å²) in [5.74, 6) is 0.415. The van der Waals surface area contributed by atoms with Gasteiger partial charge in [-0.05, 0) is 6.07 Å². The van der Waals surface area contributed by atoms with Gasteiger partial charge in [0.05, 0.1) is 0 Å². The topological polar surface area (TPSA) is 26.3 Å². The Labute approximate surface area is 243 Å². The fraction of sp³-hybridized carbons (Fsp3) is 0.152. The van der Waals surface area contributed by atoms with Gasteiger partial charge in [0.25, 0.3) is 0 Å². The van der Waals surface area contributed by atoms with E-state index in [9.17, 15) is 4.79 Å². The Bertz CT molecular complexity index is 1430. The zero-order valence-electron chi connectivity index (χ0n) is 21.6. The van der Waals surface area contributed by atoms with Gasteiger partial charge < -0.3 is 0 Å². The molecule has 0 atom stereocenters. The third-order valence-corrected chi connectivity index (χ3v) is 15.0. The Kier molecular flexibility index (Phi) is 9.49. The van der Waals surface area contributed by atoms with E-state index in [0.717, 1.165) is 39.7 Å². The number of carbonyl (C=O) groups is 1. The molecule has 0 fully saturated rings. The molecule has 0 aliphatic heterocycles. The monoisotopic (exact) mass is 586 g/mol. The first kappa shape index (κ1) is 27.6. The molecule has 1 heterocycles. The van der Waals surface area contributed by atoms with Crippen molar-refractivity contribution in [2.45, 2.75) is 25.7 Å². The summed E-state index contributed by atoms with van der Waals surface area (Å²) in [5.41, 5.74) is 1.09. The quantitative estimate of drug-likeness (QED) is 0.0388. The molecule has 0 bridgehead atoms. The van der Waals surface area contributed by atoms with Crippen molar-refractivity contribution in [2.75, 3.05) is 6.16 Å². The van der Waals surface area contributed by atoms with Crippen LogP contribution in [0.4, 0.5) is 0 Å². The second kappa shape index (κ2) is 13.4. The van der Waals surface area contributed by atoms with Crippen LogP contribution < -0.4 is 20.7 Å². The van der Waals surface area contributed by atoms with Crippen LogP contribution in [0.1, 0.15) is 25.7 Å². The van der Waals surface area contributed by atoms with Gasteiger partial charge in [-0.1, -0.05) is 32.9 Å². The molecule has 0 unspecified atom stereocenters. The molecule has 0 spiro atoms. The predicted molar refractivity (Wildman–Crippen MR) is 174 cm³/mol. The van der Waals surface area contributed by atoms with Crippen LogP contribution in [0.5, 0.6) is 5.75 Å². The average Bonchev–Trinajstić information content (AvgIpc) is 3.43. The molecule has 5 aromatic rings. The Morgan fingerprint density at radius 1 is 0.667 bits per heavy atom. The number of carbonyl (C=O) groups excluding carboxylic acids is 1. The van der Waals surface area contributed by atoms with E-state index in [-0.39, 0.29) is 5.97 Å². The van der Waals surface area contributed by atoms with Gasteiger partial charge in [-0.2, -0.15) is 0 Å². The minimum atomic E-state index is -2.22. The molecule has 5 rings (SSSR count). The molecule has 6 heteroatoms. The molecular weight excluding hydrogens is 556 g/mol. The molecule has 0 aliphatic rings. The first-order chi connectivity index (χ1) is 19.1. The predicted octanol–water partition coefficient (Wildman–Crippen LogP) is 8.40. The van der Waals surface area contributed by atoms with Gasteiger partial charge in [0.1, 0.15) is 3.82 Å². The molecule has 0 saturated heterocycles. The molecule has 0 saturated carbocycles. The fourth-order valence-electron chi connectivity index (χ4n) is 5.18. The summed E-state index contributed by atoms with van der Waals surface area (Å²) in [6.45, 7) is 0. The van der Waals surface area contributed by atoms with Gasteiger partial charge in [-0.3, -0.25) is 0 Å². The summed E-state index contributed by atoms with van der Waals surface area (Å²) < 4.78 is 6.51. The molecule has 1 aromatic heterocycles. The SMILES string of the molecule is O=C(CCCCC[PH](c1ccccc1)(c1ccccc1)c1ccccc1)Oc1ccc(-c2cc(=S)ss2)cc1. The van der Waals surface area contributed by atoms with Crippen LogP contribution in [0, 0.1) is 3.82 Å². The van der Waals surface area contributed by atoms with Gasteiger partial charge in [0.15, 0.2) is 0 Å². The summed E-state index contributed by atoms with van der Waals surface area (Å²) in [6.07, 6.45) is 4.37. The molecule has 0 N–H and O–H groups in total. The minimum absolute atomic E-state index is 0.174. The van der Waals surface area contributed by atoms with E-state index in [0.29, 0.717) is 12.2 Å². The number of esters is 1. The van der Waals surface area contributed by atoms with Crippen molar-refractivity contribution in [3.8, 4) is 16.2 Å². The van der Waals surface area contributed by atoms with Crippen molar-refractivity contribution >= 4 is 62.0 Å². The molecule has 0 amide bonds. The summed E-state index contributed by atoms with van der Waals surface area (Å²) in [5, 5.41) is 4.28. The van der Waals surface area contributed by atoms with E-state index in [2.05, 4.69) is 91.0 Å². The van der Waals surface area contributed by atoms with Crippen LogP contribution in [-0.4, -0.2) is 12.1 Å². The third kappa shape index (κ3) is 6.80. The third-order valence-electron chi connectivity index (χ3n) is 7.07. The molecule has 39 heavy (non-hydrogen) atoms. The summed E-state index contributed by atoms with van der Waals surface area (Å²) in [7, 11) is 1.05. The van der Waals surface area contributed by atoms with Crippen molar-refractivity contribution in [3.05, 3.63) is 125 Å². The van der Waals surface area contributed by atoms with Crippen LogP contribution in [0.2, 0.25) is 0 Å². The average molecular weight is 587 g/mol. The van der Waals surface area contributed by atoms with Gasteiger partial charge >= 0.3 is 202 Å². The zero-order chi connectivity index (χ0) is 26.9. The van der Waals surface area contributed by atoms with Crippen LogP contribution in [0.15, 0.2) is 121 Å². The normalized spacial score (nSPS) is 11.7. The first-order valence-corrected chi connectivity index (χ1v) is 18.0. The van der Waals surface area contributed by atoms with Crippen LogP contribution in [-0.2, 0) is 4.79 Å². The van der Waals surface area contributed by atoms with Crippen LogP contribution in [0.3, 0.4) is 0 Å². The fourth-order valence-corrected chi connectivity index (χ4v) is 12.5.